The maximum atomic E-state index is 12.5. The number of primary amides is 1. The van der Waals surface area contributed by atoms with Crippen LogP contribution in [0.3, 0.4) is 0 Å². The second-order valence-corrected chi connectivity index (χ2v) is 9.35. The summed E-state index contributed by atoms with van der Waals surface area (Å²) in [6.45, 7) is -0.735. The molecule has 0 saturated heterocycles. The topological polar surface area (TPSA) is 183 Å². The van der Waals surface area contributed by atoms with Crippen LogP contribution >= 0.6 is 11.6 Å². The number of aromatic nitrogens is 3. The Morgan fingerprint density at radius 2 is 2.03 bits per heavy atom. The predicted molar refractivity (Wildman–Crippen MR) is 131 cm³/mol. The van der Waals surface area contributed by atoms with Crippen molar-refractivity contribution in [2.75, 3.05) is 11.9 Å². The van der Waals surface area contributed by atoms with Crippen LogP contribution in [0.25, 0.3) is 22.6 Å². The summed E-state index contributed by atoms with van der Waals surface area (Å²) in [5.41, 5.74) is 7.91. The van der Waals surface area contributed by atoms with Gasteiger partial charge in [-0.05, 0) is 30.4 Å². The van der Waals surface area contributed by atoms with E-state index in [1.54, 1.807) is 18.2 Å². The summed E-state index contributed by atoms with van der Waals surface area (Å²) in [6, 6.07) is 4.79. The number of aliphatic hydroxyl groups is 1. The molecule has 3 aromatic rings. The Morgan fingerprint density at radius 1 is 1.25 bits per heavy atom. The van der Waals surface area contributed by atoms with E-state index >= 15 is 0 Å². The Bertz CT molecular complexity index is 1400. The number of rotatable bonds is 8. The monoisotopic (exact) mass is 510 g/mol. The number of benzene rings is 1. The van der Waals surface area contributed by atoms with Gasteiger partial charge in [-0.15, -0.1) is 0 Å². The molecular weight excluding hydrogens is 488 g/mol. The van der Waals surface area contributed by atoms with Crippen molar-refractivity contribution in [3.8, 4) is 11.4 Å². The highest BCUT2D eigenvalue weighted by molar-refractivity contribution is 6.34. The first-order chi connectivity index (χ1) is 17.3. The zero-order valence-corrected chi connectivity index (χ0v) is 19.6. The fourth-order valence-electron chi connectivity index (χ4n) is 5.02. The second-order valence-electron chi connectivity index (χ2n) is 8.94. The molecule has 2 amide bonds. The fraction of sp³-hybridized carbons (Fsp3) is 0.292. The van der Waals surface area contributed by atoms with Crippen LogP contribution in [-0.4, -0.2) is 61.6 Å². The van der Waals surface area contributed by atoms with Crippen LogP contribution in [0, 0.1) is 17.8 Å². The van der Waals surface area contributed by atoms with E-state index in [0.717, 1.165) is 6.42 Å². The molecule has 2 aromatic heterocycles. The van der Waals surface area contributed by atoms with E-state index in [0.29, 0.717) is 33.3 Å². The minimum atomic E-state index is -1.42. The van der Waals surface area contributed by atoms with Gasteiger partial charge in [0.05, 0.1) is 29.4 Å². The molecule has 1 unspecified atom stereocenters. The van der Waals surface area contributed by atoms with Crippen LogP contribution in [0.4, 0.5) is 5.69 Å². The number of halogens is 1. The van der Waals surface area contributed by atoms with E-state index in [1.165, 1.54) is 12.3 Å². The van der Waals surface area contributed by atoms with Gasteiger partial charge in [-0.25, -0.2) is 14.8 Å². The molecule has 1 saturated carbocycles. The van der Waals surface area contributed by atoms with Gasteiger partial charge in [-0.1, -0.05) is 35.9 Å². The first-order valence-electron chi connectivity index (χ1n) is 11.3. The molecule has 0 spiro atoms. The van der Waals surface area contributed by atoms with Gasteiger partial charge in [0.15, 0.2) is 11.7 Å². The normalized spacial score (nSPS) is 23.1. The van der Waals surface area contributed by atoms with Crippen molar-refractivity contribution in [2.24, 2.45) is 23.5 Å². The quantitative estimate of drug-likeness (QED) is 0.246. The van der Waals surface area contributed by atoms with E-state index in [9.17, 15) is 19.5 Å². The van der Waals surface area contributed by atoms with Crippen LogP contribution in [0.15, 0.2) is 42.6 Å². The number of imidazole rings is 1. The predicted octanol–water partition coefficient (Wildman–Crippen LogP) is 1.54. The Labute approximate surface area is 209 Å². The molecule has 36 heavy (non-hydrogen) atoms. The number of anilines is 1. The van der Waals surface area contributed by atoms with E-state index in [4.69, 9.17) is 22.4 Å². The van der Waals surface area contributed by atoms with Crippen LogP contribution in [0.5, 0.6) is 0 Å². The SMILES string of the molecule is NC(=O)[C@@H]1[C@H](Nc2c(Cl)cnc3nc(-c4cccc(C(=O)NC(CO)C(=O)O)c4)[nH]c23)[C@H]2C=C[C@@H]1C2. The fourth-order valence-corrected chi connectivity index (χ4v) is 5.22. The lowest BCUT2D eigenvalue weighted by Crippen LogP contribution is -2.43. The van der Waals surface area contributed by atoms with E-state index in [1.807, 2.05) is 6.08 Å². The number of carboxylic acid groups (broad SMARTS) is 1. The number of nitrogens with one attached hydrogen (secondary N) is 3. The summed E-state index contributed by atoms with van der Waals surface area (Å²) in [4.78, 5) is 47.8. The van der Waals surface area contributed by atoms with Crippen molar-refractivity contribution < 1.29 is 24.6 Å². The number of hydrogen-bond donors (Lipinski definition) is 6. The number of hydrogen-bond acceptors (Lipinski definition) is 7. The number of carbonyl (C=O) groups is 3. The Balaban J connectivity index is 1.46. The molecule has 1 fully saturated rings. The standard InChI is InChI=1S/C24H23ClN6O5/c25-14-8-27-22-19(18(14)29-17-11-5-4-10(6-11)16(17)20(26)33)30-21(31-22)12-2-1-3-13(7-12)23(34)28-15(9-32)24(35)36/h1-5,7-8,10-11,15-17,32H,6,9H2,(H2,26,33)(H,28,34)(H,35,36)(H2,27,29,30,31)/t10-,11+,15?,16+,17-/m1/s1. The number of carboxylic acids is 1. The molecule has 7 N–H and O–H groups in total. The van der Waals surface area contributed by atoms with Gasteiger partial charge in [0.25, 0.3) is 5.91 Å². The average Bonchev–Trinajstić information content (AvgIpc) is 3.58. The van der Waals surface area contributed by atoms with Gasteiger partial charge < -0.3 is 31.6 Å². The molecule has 2 bridgehead atoms. The number of aliphatic carboxylic acids is 1. The highest BCUT2D eigenvalue weighted by atomic mass is 35.5. The van der Waals surface area contributed by atoms with Crippen molar-refractivity contribution in [1.82, 2.24) is 20.3 Å². The number of nitrogens with two attached hydrogens (primary N) is 1. The van der Waals surface area contributed by atoms with Crippen LogP contribution in [0.2, 0.25) is 5.02 Å². The highest BCUT2D eigenvalue weighted by Crippen LogP contribution is 2.46. The lowest BCUT2D eigenvalue weighted by molar-refractivity contribution is -0.140. The molecule has 0 radical (unpaired) electrons. The van der Waals surface area contributed by atoms with Gasteiger partial charge in [-0.3, -0.25) is 9.59 Å². The molecule has 0 aliphatic heterocycles. The lowest BCUT2D eigenvalue weighted by Gasteiger charge is -2.28. The molecule has 1 aromatic carbocycles. The van der Waals surface area contributed by atoms with Gasteiger partial charge >= 0.3 is 5.97 Å². The van der Waals surface area contributed by atoms with Gasteiger partial charge in [0.1, 0.15) is 11.3 Å². The van der Waals surface area contributed by atoms with E-state index in [2.05, 4.69) is 31.7 Å². The molecule has 2 aliphatic rings. The Morgan fingerprint density at radius 3 is 2.75 bits per heavy atom. The van der Waals surface area contributed by atoms with Crippen molar-refractivity contribution in [1.29, 1.82) is 0 Å². The first-order valence-corrected chi connectivity index (χ1v) is 11.7. The lowest BCUT2D eigenvalue weighted by atomic mass is 9.88. The highest BCUT2D eigenvalue weighted by Gasteiger charge is 2.47. The van der Waals surface area contributed by atoms with Gasteiger partial charge in [0.2, 0.25) is 5.91 Å². The van der Waals surface area contributed by atoms with E-state index < -0.39 is 24.5 Å². The number of nitrogens with zero attached hydrogens (tertiary/aromatic N) is 2. The minimum absolute atomic E-state index is 0.0962. The Hall–Kier alpha value is -3.96. The maximum Gasteiger partial charge on any atom is 0.328 e. The summed E-state index contributed by atoms with van der Waals surface area (Å²) < 4.78 is 0. The number of amides is 2. The largest absolute Gasteiger partial charge is 0.480 e. The van der Waals surface area contributed by atoms with Crippen LogP contribution in [-0.2, 0) is 9.59 Å². The molecule has 5 rings (SSSR count). The van der Waals surface area contributed by atoms with Gasteiger partial charge in [0, 0.05) is 17.2 Å². The molecule has 2 heterocycles. The molecule has 5 atom stereocenters. The zero-order valence-electron chi connectivity index (χ0n) is 18.8. The third-order valence-electron chi connectivity index (χ3n) is 6.76. The summed E-state index contributed by atoms with van der Waals surface area (Å²) in [5, 5.41) is 24.3. The first kappa shape index (κ1) is 23.8. The second kappa shape index (κ2) is 9.25. The smallest absolute Gasteiger partial charge is 0.328 e. The number of aromatic amines is 1. The van der Waals surface area contributed by atoms with Gasteiger partial charge in [-0.2, -0.15) is 0 Å². The maximum absolute atomic E-state index is 12.5. The number of H-pyrrole nitrogens is 1. The minimum Gasteiger partial charge on any atom is -0.480 e. The number of carbonyl (C=O) groups excluding carboxylic acids is 2. The van der Waals surface area contributed by atoms with Crippen molar-refractivity contribution >= 4 is 46.2 Å². The van der Waals surface area contributed by atoms with E-state index in [-0.39, 0.29) is 35.3 Å². The summed E-state index contributed by atoms with van der Waals surface area (Å²) >= 11 is 6.49. The third kappa shape index (κ3) is 4.16. The summed E-state index contributed by atoms with van der Waals surface area (Å²) in [7, 11) is 0. The van der Waals surface area contributed by atoms with Crippen LogP contribution in [0.1, 0.15) is 16.8 Å². The molecule has 11 nitrogen and oxygen atoms in total. The summed E-state index contributed by atoms with van der Waals surface area (Å²) in [6.07, 6.45) is 6.45. The Kier molecular flexibility index (Phi) is 6.10. The summed E-state index contributed by atoms with van der Waals surface area (Å²) in [5.74, 6) is -2.06. The third-order valence-corrected chi connectivity index (χ3v) is 7.04. The number of pyridine rings is 1. The molecular formula is C24H23ClN6O5. The molecule has 186 valence electrons. The van der Waals surface area contributed by atoms with Crippen molar-refractivity contribution in [3.05, 3.63) is 53.2 Å². The molecule has 2 aliphatic carbocycles. The number of allylic oxidation sites excluding steroid dienone is 1. The van der Waals surface area contributed by atoms with Crippen molar-refractivity contribution in [3.63, 3.8) is 0 Å². The van der Waals surface area contributed by atoms with Crippen molar-refractivity contribution in [2.45, 2.75) is 18.5 Å². The number of aliphatic hydroxyl groups excluding tert-OH is 1. The zero-order chi connectivity index (χ0) is 25.6. The van der Waals surface area contributed by atoms with Crippen LogP contribution < -0.4 is 16.4 Å². The average molecular weight is 511 g/mol. The number of fused-ring (bicyclic) bond motifs is 3. The molecule has 12 heteroatoms.